The number of amides is 2. The molecular weight excluding hydrogens is 404 g/mol. The van der Waals surface area contributed by atoms with Gasteiger partial charge in [-0.1, -0.05) is 18.2 Å². The maximum absolute atomic E-state index is 12.1. The molecule has 7 nitrogen and oxygen atoms in total. The van der Waals surface area contributed by atoms with Crippen LogP contribution in [-0.4, -0.2) is 69.1 Å². The summed E-state index contributed by atoms with van der Waals surface area (Å²) in [6.07, 6.45) is 2.44. The van der Waals surface area contributed by atoms with E-state index in [1.807, 2.05) is 30.3 Å². The van der Waals surface area contributed by atoms with Crippen LogP contribution in [0.2, 0.25) is 0 Å². The molecule has 32 heavy (non-hydrogen) atoms. The third kappa shape index (κ3) is 6.01. The van der Waals surface area contributed by atoms with E-state index in [0.29, 0.717) is 18.7 Å². The molecule has 0 spiro atoms. The lowest BCUT2D eigenvalue weighted by molar-refractivity contribution is -0.123. The minimum atomic E-state index is -0.113. The predicted octanol–water partition coefficient (Wildman–Crippen LogP) is 2.52. The van der Waals surface area contributed by atoms with Gasteiger partial charge < -0.3 is 19.9 Å². The van der Waals surface area contributed by atoms with Gasteiger partial charge in [0.25, 0.3) is 5.91 Å². The maximum Gasteiger partial charge on any atom is 0.257 e. The van der Waals surface area contributed by atoms with Crippen LogP contribution in [0.3, 0.4) is 0 Å². The molecular formula is C25H32N4O3. The maximum atomic E-state index is 12.1. The fourth-order valence-electron chi connectivity index (χ4n) is 4.24. The highest BCUT2D eigenvalue weighted by molar-refractivity contribution is 5.95. The van der Waals surface area contributed by atoms with E-state index >= 15 is 0 Å². The minimum absolute atomic E-state index is 0.00224. The summed E-state index contributed by atoms with van der Waals surface area (Å²) in [6.45, 7) is 6.57. The zero-order valence-electron chi connectivity index (χ0n) is 18.5. The van der Waals surface area contributed by atoms with Gasteiger partial charge in [0.2, 0.25) is 5.91 Å². The number of hydrogen-bond donors (Lipinski definition) is 1. The van der Waals surface area contributed by atoms with Gasteiger partial charge in [-0.05, 0) is 55.8 Å². The van der Waals surface area contributed by atoms with Crippen LogP contribution >= 0.6 is 0 Å². The fraction of sp³-hybridized carbons (Fsp3) is 0.440. The highest BCUT2D eigenvalue weighted by atomic mass is 16.5. The molecule has 0 radical (unpaired) electrons. The van der Waals surface area contributed by atoms with Crippen molar-refractivity contribution >= 4 is 23.2 Å². The Bertz CT molecular complexity index is 880. The molecule has 1 N–H and O–H groups in total. The molecule has 2 saturated heterocycles. The first-order valence-electron chi connectivity index (χ1n) is 11.5. The third-order valence-corrected chi connectivity index (χ3v) is 6.06. The second-order valence-electron chi connectivity index (χ2n) is 8.30. The van der Waals surface area contributed by atoms with Gasteiger partial charge in [0, 0.05) is 57.1 Å². The summed E-state index contributed by atoms with van der Waals surface area (Å²) in [6, 6.07) is 17.9. The molecule has 2 aliphatic rings. The normalized spacial score (nSPS) is 16.9. The summed E-state index contributed by atoms with van der Waals surface area (Å²) in [4.78, 5) is 30.6. The Morgan fingerprint density at radius 3 is 2.34 bits per heavy atom. The highest BCUT2D eigenvalue weighted by Crippen LogP contribution is 2.23. The van der Waals surface area contributed by atoms with Crippen LogP contribution in [0.4, 0.5) is 11.4 Å². The molecule has 2 fully saturated rings. The van der Waals surface area contributed by atoms with Crippen LogP contribution in [0.25, 0.3) is 0 Å². The number of carbonyl (C=O) groups excluding carboxylic acids is 2. The van der Waals surface area contributed by atoms with Gasteiger partial charge >= 0.3 is 0 Å². The smallest absolute Gasteiger partial charge is 0.257 e. The quantitative estimate of drug-likeness (QED) is 0.612. The topological polar surface area (TPSA) is 65.1 Å². The molecule has 170 valence electrons. The first-order valence-corrected chi connectivity index (χ1v) is 11.5. The van der Waals surface area contributed by atoms with Crippen molar-refractivity contribution in [2.24, 2.45) is 0 Å². The van der Waals surface area contributed by atoms with E-state index in [2.05, 4.69) is 39.4 Å². The first-order chi connectivity index (χ1) is 15.7. The number of carbonyl (C=O) groups is 2. The zero-order valence-corrected chi connectivity index (χ0v) is 18.5. The summed E-state index contributed by atoms with van der Waals surface area (Å²) >= 11 is 0. The van der Waals surface area contributed by atoms with Crippen molar-refractivity contribution in [2.75, 3.05) is 62.2 Å². The van der Waals surface area contributed by atoms with Crippen LogP contribution in [0.5, 0.6) is 5.75 Å². The van der Waals surface area contributed by atoms with E-state index in [4.69, 9.17) is 4.74 Å². The summed E-state index contributed by atoms with van der Waals surface area (Å²) < 4.78 is 5.58. The Hall–Kier alpha value is -3.06. The Morgan fingerprint density at radius 1 is 0.906 bits per heavy atom. The van der Waals surface area contributed by atoms with Crippen LogP contribution in [-0.2, 0) is 9.59 Å². The SMILES string of the molecule is O=C(COc1ccc(N2CCCC2=O)cc1)NCCCN1CCN(c2ccccc2)CC1. The van der Waals surface area contributed by atoms with Gasteiger partial charge in [-0.2, -0.15) is 0 Å². The Kier molecular flexibility index (Phi) is 7.61. The molecule has 2 heterocycles. The van der Waals surface area contributed by atoms with Crippen LogP contribution in [0.15, 0.2) is 54.6 Å². The van der Waals surface area contributed by atoms with E-state index in [9.17, 15) is 9.59 Å². The molecule has 2 aromatic carbocycles. The van der Waals surface area contributed by atoms with E-state index < -0.39 is 0 Å². The average molecular weight is 437 g/mol. The molecule has 2 aromatic rings. The van der Waals surface area contributed by atoms with E-state index in [1.54, 1.807) is 4.90 Å². The Morgan fingerprint density at radius 2 is 1.66 bits per heavy atom. The monoisotopic (exact) mass is 436 g/mol. The summed E-state index contributed by atoms with van der Waals surface area (Å²) in [7, 11) is 0. The van der Waals surface area contributed by atoms with Crippen molar-refractivity contribution in [3.05, 3.63) is 54.6 Å². The number of para-hydroxylation sites is 1. The Balaban J connectivity index is 1.08. The van der Waals surface area contributed by atoms with Gasteiger partial charge in [0.05, 0.1) is 0 Å². The number of hydrogen-bond acceptors (Lipinski definition) is 5. The number of nitrogens with one attached hydrogen (secondary N) is 1. The number of nitrogens with zero attached hydrogens (tertiary/aromatic N) is 3. The fourth-order valence-corrected chi connectivity index (χ4v) is 4.24. The highest BCUT2D eigenvalue weighted by Gasteiger charge is 2.21. The molecule has 2 aliphatic heterocycles. The molecule has 4 rings (SSSR count). The lowest BCUT2D eigenvalue weighted by Crippen LogP contribution is -2.47. The number of rotatable bonds is 9. The summed E-state index contributed by atoms with van der Waals surface area (Å²) in [5.41, 5.74) is 2.17. The van der Waals surface area contributed by atoms with Crippen molar-refractivity contribution in [3.8, 4) is 5.75 Å². The molecule has 7 heteroatoms. The summed E-state index contributed by atoms with van der Waals surface area (Å²) in [5.74, 6) is 0.681. The van der Waals surface area contributed by atoms with E-state index in [-0.39, 0.29) is 18.4 Å². The molecule has 0 unspecified atom stereocenters. The zero-order chi connectivity index (χ0) is 22.2. The van der Waals surface area contributed by atoms with Gasteiger partial charge in [-0.15, -0.1) is 0 Å². The van der Waals surface area contributed by atoms with Crippen molar-refractivity contribution < 1.29 is 14.3 Å². The van der Waals surface area contributed by atoms with Crippen LogP contribution in [0.1, 0.15) is 19.3 Å². The largest absolute Gasteiger partial charge is 0.484 e. The lowest BCUT2D eigenvalue weighted by Gasteiger charge is -2.36. The molecule has 0 atom stereocenters. The van der Waals surface area contributed by atoms with Gasteiger partial charge in [-0.3, -0.25) is 14.5 Å². The average Bonchev–Trinajstić information content (AvgIpc) is 3.27. The molecule has 2 amide bonds. The minimum Gasteiger partial charge on any atom is -0.484 e. The van der Waals surface area contributed by atoms with Crippen molar-refractivity contribution in [1.82, 2.24) is 10.2 Å². The van der Waals surface area contributed by atoms with Gasteiger partial charge in [0.1, 0.15) is 5.75 Å². The first kappa shape index (κ1) is 22.1. The molecule has 0 saturated carbocycles. The third-order valence-electron chi connectivity index (χ3n) is 6.06. The van der Waals surface area contributed by atoms with Crippen LogP contribution in [0, 0.1) is 0 Å². The van der Waals surface area contributed by atoms with Gasteiger partial charge in [0.15, 0.2) is 6.61 Å². The number of piperazine rings is 1. The van der Waals surface area contributed by atoms with Gasteiger partial charge in [-0.25, -0.2) is 0 Å². The number of benzene rings is 2. The second-order valence-corrected chi connectivity index (χ2v) is 8.30. The predicted molar refractivity (Wildman–Crippen MR) is 126 cm³/mol. The molecule has 0 aromatic heterocycles. The number of anilines is 2. The van der Waals surface area contributed by atoms with Crippen LogP contribution < -0.4 is 19.9 Å². The van der Waals surface area contributed by atoms with Crippen molar-refractivity contribution in [3.63, 3.8) is 0 Å². The Labute approximate surface area is 189 Å². The van der Waals surface area contributed by atoms with E-state index in [1.165, 1.54) is 5.69 Å². The lowest BCUT2D eigenvalue weighted by atomic mass is 10.2. The molecule has 0 aliphatic carbocycles. The second kappa shape index (κ2) is 11.0. The summed E-state index contributed by atoms with van der Waals surface area (Å²) in [5, 5.41) is 2.94. The van der Waals surface area contributed by atoms with Crippen molar-refractivity contribution in [2.45, 2.75) is 19.3 Å². The van der Waals surface area contributed by atoms with E-state index in [0.717, 1.165) is 57.8 Å². The molecule has 0 bridgehead atoms. The van der Waals surface area contributed by atoms with Crippen molar-refractivity contribution in [1.29, 1.82) is 0 Å². The standard InChI is InChI=1S/C25H32N4O3/c30-24(20-32-23-11-9-22(10-12-23)29-15-4-8-25(29)31)26-13-5-14-27-16-18-28(19-17-27)21-6-2-1-3-7-21/h1-3,6-7,9-12H,4-5,8,13-20H2,(H,26,30). The number of ether oxygens (including phenoxy) is 1.